The SMILES string of the molecule is CC/C=C\C/C=C\C/C=C\C/C=C\C/C=C\C/C=C\CCCCCCCCCCCCCCCCC(=O)OCC(O)COP(=O)(O)OCC(O)COP(=O)(O)OCC(COC(=O)CCCCCCCCCCCCCCC/C=C\C/C=C\C/C=C\C/C=C\CCCCC)OC(=O)CCCCCCCC/C=C\C/C=C\C/C=C\C/C=C\C/C=C\C/C=C\CC. The van der Waals surface area contributed by atoms with Crippen LogP contribution < -0.4 is 0 Å². The Bertz CT molecular complexity index is 3020. The number of aliphatic hydroxyl groups is 2. The van der Waals surface area contributed by atoms with Gasteiger partial charge in [-0.25, -0.2) is 9.13 Å². The van der Waals surface area contributed by atoms with E-state index in [9.17, 15) is 43.5 Å². The normalized spacial score (nSPS) is 14.6. The van der Waals surface area contributed by atoms with Gasteiger partial charge in [-0.3, -0.25) is 32.5 Å². The van der Waals surface area contributed by atoms with Gasteiger partial charge in [-0.15, -0.1) is 0 Å². The minimum atomic E-state index is -4.95. The van der Waals surface area contributed by atoms with Crippen LogP contribution in [0.4, 0.5) is 0 Å². The average molecular weight is 1760 g/mol. The monoisotopic (exact) mass is 1760 g/mol. The van der Waals surface area contributed by atoms with Gasteiger partial charge in [0.25, 0.3) is 0 Å². The van der Waals surface area contributed by atoms with Crippen molar-refractivity contribution in [1.82, 2.24) is 0 Å². The first kappa shape index (κ1) is 117. The third-order valence-electron chi connectivity index (χ3n) is 20.3. The van der Waals surface area contributed by atoms with E-state index < -0.39 is 91.5 Å². The summed E-state index contributed by atoms with van der Waals surface area (Å²) in [5.41, 5.74) is 0. The molecule has 0 aromatic rings. The van der Waals surface area contributed by atoms with Crippen LogP contribution in [0.15, 0.2) is 194 Å². The van der Waals surface area contributed by atoms with Crippen molar-refractivity contribution in [3.05, 3.63) is 194 Å². The molecule has 0 amide bonds. The summed E-state index contributed by atoms with van der Waals surface area (Å²) in [5.74, 6) is -1.59. The molecule has 0 radical (unpaired) electrons. The Kier molecular flexibility index (Phi) is 91.1. The number of hydrogen-bond donors (Lipinski definition) is 4. The second-order valence-electron chi connectivity index (χ2n) is 32.1. The third-order valence-corrected chi connectivity index (χ3v) is 22.2. The van der Waals surface area contributed by atoms with E-state index in [2.05, 4.69) is 215 Å². The van der Waals surface area contributed by atoms with Crippen LogP contribution in [0.2, 0.25) is 0 Å². The Labute approximate surface area is 750 Å². The number of esters is 3. The molecule has 0 fully saturated rings. The van der Waals surface area contributed by atoms with Gasteiger partial charge in [-0.1, -0.05) is 401 Å². The van der Waals surface area contributed by atoms with Crippen LogP contribution in [0.5, 0.6) is 0 Å². The first-order valence-corrected chi connectivity index (χ1v) is 51.7. The lowest BCUT2D eigenvalue weighted by molar-refractivity contribution is -0.161. The molecule has 18 heteroatoms. The summed E-state index contributed by atoms with van der Waals surface area (Å²) < 4.78 is 61.6. The van der Waals surface area contributed by atoms with Crippen LogP contribution in [0.25, 0.3) is 0 Å². The van der Waals surface area contributed by atoms with Crippen LogP contribution in [0.3, 0.4) is 0 Å². The molecular weight excluding hydrogens is 1580 g/mol. The van der Waals surface area contributed by atoms with Gasteiger partial charge in [0.2, 0.25) is 0 Å². The van der Waals surface area contributed by atoms with Crippen LogP contribution in [-0.4, -0.2) is 95.9 Å². The molecule has 4 N–H and O–H groups in total. The first-order valence-electron chi connectivity index (χ1n) is 48.7. The van der Waals surface area contributed by atoms with Crippen molar-refractivity contribution in [2.24, 2.45) is 0 Å². The number of aliphatic hydroxyl groups excluding tert-OH is 2. The maximum atomic E-state index is 13.1. The van der Waals surface area contributed by atoms with Gasteiger partial charge in [0.15, 0.2) is 6.10 Å². The molecule has 5 atom stereocenters. The molecule has 16 nitrogen and oxygen atoms in total. The maximum Gasteiger partial charge on any atom is 0.472 e. The Morgan fingerprint density at radius 2 is 0.431 bits per heavy atom. The summed E-state index contributed by atoms with van der Waals surface area (Å²) in [5, 5.41) is 20.8. The van der Waals surface area contributed by atoms with Crippen LogP contribution in [0, 0.1) is 0 Å². The van der Waals surface area contributed by atoms with E-state index in [4.69, 9.17) is 32.3 Å². The molecule has 0 rings (SSSR count). The molecule has 702 valence electrons. The molecule has 123 heavy (non-hydrogen) atoms. The van der Waals surface area contributed by atoms with Crippen LogP contribution in [0.1, 0.15) is 393 Å². The smallest absolute Gasteiger partial charge is 0.463 e. The minimum absolute atomic E-state index is 0.0815. The van der Waals surface area contributed by atoms with Crippen molar-refractivity contribution >= 4 is 33.6 Å². The number of carbonyl (C=O) groups is 3. The Morgan fingerprint density at radius 3 is 0.683 bits per heavy atom. The Balaban J connectivity index is 4.63. The highest BCUT2D eigenvalue weighted by molar-refractivity contribution is 7.47. The average Bonchev–Trinajstić information content (AvgIpc) is 0.892. The molecule has 0 aliphatic rings. The van der Waals surface area contributed by atoms with Crippen molar-refractivity contribution in [1.29, 1.82) is 0 Å². The molecule has 0 aromatic heterocycles. The fourth-order valence-corrected chi connectivity index (χ4v) is 14.6. The first-order chi connectivity index (χ1) is 60.2. The van der Waals surface area contributed by atoms with Crippen molar-refractivity contribution in [2.45, 2.75) is 411 Å². The number of carbonyl (C=O) groups excluding carboxylic acids is 3. The maximum absolute atomic E-state index is 13.1. The largest absolute Gasteiger partial charge is 0.472 e. The Hall–Kier alpha value is -5.61. The summed E-state index contributed by atoms with van der Waals surface area (Å²) in [7, 11) is -9.83. The molecule has 0 saturated heterocycles. The van der Waals surface area contributed by atoms with E-state index in [1.807, 2.05) is 0 Å². The second-order valence-corrected chi connectivity index (χ2v) is 35.0. The van der Waals surface area contributed by atoms with Gasteiger partial charge in [-0.2, -0.15) is 0 Å². The molecule has 0 heterocycles. The summed E-state index contributed by atoms with van der Waals surface area (Å²) in [4.78, 5) is 59.1. The van der Waals surface area contributed by atoms with Gasteiger partial charge >= 0.3 is 33.6 Å². The molecule has 0 bridgehead atoms. The van der Waals surface area contributed by atoms with Gasteiger partial charge in [0.1, 0.15) is 25.4 Å². The van der Waals surface area contributed by atoms with Crippen molar-refractivity contribution in [3.63, 3.8) is 0 Å². The lowest BCUT2D eigenvalue weighted by Gasteiger charge is -2.21. The number of phosphoric ester groups is 2. The number of hydrogen-bond acceptors (Lipinski definition) is 14. The molecule has 0 aromatic carbocycles. The predicted molar refractivity (Wildman–Crippen MR) is 518 cm³/mol. The summed E-state index contributed by atoms with van der Waals surface area (Å²) in [6.07, 6.45) is 128. The topological polar surface area (TPSA) is 231 Å². The lowest BCUT2D eigenvalue weighted by atomic mass is 10.0. The molecule has 0 aliphatic heterocycles. The van der Waals surface area contributed by atoms with Gasteiger partial charge < -0.3 is 34.2 Å². The number of phosphoric acid groups is 2. The number of allylic oxidation sites excluding steroid dienone is 32. The summed E-state index contributed by atoms with van der Waals surface area (Å²) in [6, 6.07) is 0. The minimum Gasteiger partial charge on any atom is -0.463 e. The van der Waals surface area contributed by atoms with Crippen LogP contribution in [-0.2, 0) is 55.8 Å². The Morgan fingerprint density at radius 1 is 0.236 bits per heavy atom. The second kappa shape index (κ2) is 95.5. The molecule has 0 aliphatic carbocycles. The van der Waals surface area contributed by atoms with Crippen LogP contribution >= 0.6 is 15.6 Å². The number of ether oxygens (including phenoxy) is 3. The molecule has 5 unspecified atom stereocenters. The van der Waals surface area contributed by atoms with E-state index in [0.717, 1.165) is 193 Å². The zero-order valence-electron chi connectivity index (χ0n) is 77.5. The summed E-state index contributed by atoms with van der Waals surface area (Å²) in [6.45, 7) is 2.45. The highest BCUT2D eigenvalue weighted by Crippen LogP contribution is 2.45. The fraction of sp³-hybridized carbons (Fsp3) is 0.667. The van der Waals surface area contributed by atoms with Crippen molar-refractivity contribution in [3.8, 4) is 0 Å². The van der Waals surface area contributed by atoms with Gasteiger partial charge in [-0.05, 0) is 167 Å². The van der Waals surface area contributed by atoms with E-state index >= 15 is 0 Å². The van der Waals surface area contributed by atoms with Gasteiger partial charge in [0, 0.05) is 19.3 Å². The molecule has 0 saturated carbocycles. The zero-order valence-corrected chi connectivity index (χ0v) is 79.3. The van der Waals surface area contributed by atoms with Gasteiger partial charge in [0.05, 0.1) is 26.4 Å². The molecular formula is C105H176O16P2. The zero-order chi connectivity index (χ0) is 89.3. The van der Waals surface area contributed by atoms with E-state index in [1.165, 1.54) is 141 Å². The van der Waals surface area contributed by atoms with Crippen molar-refractivity contribution in [2.75, 3.05) is 39.6 Å². The van der Waals surface area contributed by atoms with Crippen molar-refractivity contribution < 1.29 is 75.8 Å². The van der Waals surface area contributed by atoms with E-state index in [0.29, 0.717) is 19.3 Å². The van der Waals surface area contributed by atoms with E-state index in [1.54, 1.807) is 0 Å². The summed E-state index contributed by atoms with van der Waals surface area (Å²) >= 11 is 0. The predicted octanol–water partition coefficient (Wildman–Crippen LogP) is 30.6. The number of unbranched alkanes of at least 4 members (excludes halogenated alkanes) is 36. The lowest BCUT2D eigenvalue weighted by Crippen LogP contribution is -2.30. The number of rotatable bonds is 91. The highest BCUT2D eigenvalue weighted by Gasteiger charge is 2.30. The molecule has 0 spiro atoms. The van der Waals surface area contributed by atoms with E-state index in [-0.39, 0.29) is 19.3 Å². The fourth-order valence-electron chi connectivity index (χ4n) is 13.0. The highest BCUT2D eigenvalue weighted by atomic mass is 31.2. The quantitative estimate of drug-likeness (QED) is 0.0146. The third kappa shape index (κ3) is 96.9. The standard InChI is InChI=1S/C105H176O16P2/c1-4-7-10-13-16-19-22-25-28-31-34-37-40-43-45-47-48-49-50-52-54-56-58-61-64-67-70-73-76-79-82-85-88-91-103(108)115-94-100(106)95-117-122(111,112)118-96-101(107)97-119-123(113,114)120-99-102(121-105(110)93-90-87-84-81-78-75-72-69-66-63-60-55-42-39-36-33-30-27-24-21-18-15-12-9-6-3)98-116-104(109)92-89-86-83-80-77-74-71-68-65-62-59-57-53-51-46-44-41-38-35-32-29-26-23-20-17-14-11-8-5-2/h7,9-10,12,16-21,25-30,34-39,43-46,48-49,55,60,66,69,100-102,106-107H,4-6,8,11,13-15,22-24,31-33,40-42,47,50-54,56-59,61-65,67-68,70-99H2,1-3H3,(H,111,112)(H,113,114)/b10-7-,12-9-,19-16-,20-17-,21-18-,28-25-,29-26-,30-27-,37-34-,38-35-,39-36-,45-43-,46-44-,49-48-,60-55-,69-66-.